The average Bonchev–Trinajstić information content (AvgIpc) is 2.49. The largest absolute Gasteiger partial charge is 0.478 e. The summed E-state index contributed by atoms with van der Waals surface area (Å²) >= 11 is 0. The number of amides is 1. The Labute approximate surface area is 119 Å². The Morgan fingerprint density at radius 1 is 1.20 bits per heavy atom. The molecule has 1 amide bonds. The molecule has 0 spiro atoms. The van der Waals surface area contributed by atoms with Gasteiger partial charge in [-0.25, -0.2) is 4.79 Å². The zero-order chi connectivity index (χ0) is 14.5. The normalized spacial score (nSPS) is 15.8. The van der Waals surface area contributed by atoms with Crippen molar-refractivity contribution in [2.45, 2.75) is 45.1 Å². The molecule has 1 N–H and O–H groups in total. The molecule has 1 aromatic carbocycles. The molecule has 0 radical (unpaired) electrons. The quantitative estimate of drug-likeness (QED) is 0.918. The van der Waals surface area contributed by atoms with Crippen LogP contribution in [0.4, 0.5) is 0 Å². The number of benzene rings is 1. The molecule has 1 aliphatic rings. The van der Waals surface area contributed by atoms with Gasteiger partial charge in [-0.3, -0.25) is 4.79 Å². The topological polar surface area (TPSA) is 57.6 Å². The minimum Gasteiger partial charge on any atom is -0.478 e. The number of carbonyl (C=O) groups excluding carboxylic acids is 1. The standard InChI is InChI=1S/C16H21NO3/c1-2-17(14-9-4-3-5-10-14)15(18)12-7-6-8-13(11-12)16(19)20/h6-8,11,14H,2-5,9-10H2,1H3,(H,19,20). The second-order valence-electron chi connectivity index (χ2n) is 5.27. The van der Waals surface area contributed by atoms with Gasteiger partial charge >= 0.3 is 5.97 Å². The molecule has 1 aromatic rings. The third-order valence-corrected chi connectivity index (χ3v) is 3.97. The molecule has 1 saturated carbocycles. The Bertz CT molecular complexity index is 492. The number of hydrogen-bond acceptors (Lipinski definition) is 2. The van der Waals surface area contributed by atoms with E-state index in [1.54, 1.807) is 12.1 Å². The number of aromatic carboxylic acids is 1. The van der Waals surface area contributed by atoms with Crippen LogP contribution >= 0.6 is 0 Å². The third-order valence-electron chi connectivity index (χ3n) is 3.97. The van der Waals surface area contributed by atoms with Gasteiger partial charge in [-0.2, -0.15) is 0 Å². The third kappa shape index (κ3) is 3.18. The van der Waals surface area contributed by atoms with Gasteiger partial charge < -0.3 is 10.0 Å². The Morgan fingerprint density at radius 3 is 2.45 bits per heavy atom. The van der Waals surface area contributed by atoms with E-state index in [9.17, 15) is 9.59 Å². The van der Waals surface area contributed by atoms with E-state index in [1.165, 1.54) is 31.4 Å². The van der Waals surface area contributed by atoms with Crippen molar-refractivity contribution in [2.24, 2.45) is 0 Å². The first-order chi connectivity index (χ1) is 9.63. The van der Waals surface area contributed by atoms with E-state index in [0.29, 0.717) is 18.2 Å². The summed E-state index contributed by atoms with van der Waals surface area (Å²) < 4.78 is 0. The molecule has 108 valence electrons. The first-order valence-electron chi connectivity index (χ1n) is 7.27. The van der Waals surface area contributed by atoms with Gasteiger partial charge in [0.25, 0.3) is 5.91 Å². The molecule has 4 heteroatoms. The second kappa shape index (κ2) is 6.55. The van der Waals surface area contributed by atoms with Crippen molar-refractivity contribution in [2.75, 3.05) is 6.54 Å². The van der Waals surface area contributed by atoms with Gasteiger partial charge in [0.2, 0.25) is 0 Å². The number of carboxylic acids is 1. The Balaban J connectivity index is 2.19. The smallest absolute Gasteiger partial charge is 0.335 e. The number of rotatable bonds is 4. The minimum absolute atomic E-state index is 0.0532. The summed E-state index contributed by atoms with van der Waals surface area (Å²) in [5.74, 6) is -1.05. The van der Waals surface area contributed by atoms with Crippen LogP contribution in [0.25, 0.3) is 0 Å². The first-order valence-corrected chi connectivity index (χ1v) is 7.27. The number of carbonyl (C=O) groups is 2. The molecule has 2 rings (SSSR count). The van der Waals surface area contributed by atoms with Crippen molar-refractivity contribution in [3.05, 3.63) is 35.4 Å². The summed E-state index contributed by atoms with van der Waals surface area (Å²) in [6, 6.07) is 6.60. The number of hydrogen-bond donors (Lipinski definition) is 1. The van der Waals surface area contributed by atoms with E-state index in [1.807, 2.05) is 11.8 Å². The lowest BCUT2D eigenvalue weighted by atomic mass is 9.93. The maximum Gasteiger partial charge on any atom is 0.335 e. The van der Waals surface area contributed by atoms with E-state index >= 15 is 0 Å². The van der Waals surface area contributed by atoms with Gasteiger partial charge in [0, 0.05) is 18.2 Å². The van der Waals surface area contributed by atoms with Crippen LogP contribution in [0, 0.1) is 0 Å². The first kappa shape index (κ1) is 14.6. The molecule has 0 saturated heterocycles. The van der Waals surface area contributed by atoms with Gasteiger partial charge in [-0.1, -0.05) is 25.3 Å². The van der Waals surface area contributed by atoms with Gasteiger partial charge in [-0.15, -0.1) is 0 Å². The fourth-order valence-electron chi connectivity index (χ4n) is 2.91. The van der Waals surface area contributed by atoms with Crippen LogP contribution in [0.1, 0.15) is 59.7 Å². The highest BCUT2D eigenvalue weighted by Gasteiger charge is 2.25. The van der Waals surface area contributed by atoms with E-state index < -0.39 is 5.97 Å². The highest BCUT2D eigenvalue weighted by Crippen LogP contribution is 2.24. The van der Waals surface area contributed by atoms with Crippen LogP contribution in [0.2, 0.25) is 0 Å². The molecule has 1 fully saturated rings. The molecule has 0 aliphatic heterocycles. The predicted molar refractivity (Wildman–Crippen MR) is 77.0 cm³/mol. The van der Waals surface area contributed by atoms with Crippen molar-refractivity contribution in [3.8, 4) is 0 Å². The zero-order valence-electron chi connectivity index (χ0n) is 11.8. The maximum atomic E-state index is 12.6. The summed E-state index contributed by atoms with van der Waals surface area (Å²) in [5.41, 5.74) is 0.632. The van der Waals surface area contributed by atoms with E-state index in [0.717, 1.165) is 12.8 Å². The summed E-state index contributed by atoms with van der Waals surface area (Å²) in [5, 5.41) is 9.01. The summed E-state index contributed by atoms with van der Waals surface area (Å²) in [4.78, 5) is 25.5. The highest BCUT2D eigenvalue weighted by atomic mass is 16.4. The van der Waals surface area contributed by atoms with Crippen LogP contribution in [-0.4, -0.2) is 34.5 Å². The second-order valence-corrected chi connectivity index (χ2v) is 5.27. The molecule has 20 heavy (non-hydrogen) atoms. The Hall–Kier alpha value is -1.84. The lowest BCUT2D eigenvalue weighted by Gasteiger charge is -2.33. The fourth-order valence-corrected chi connectivity index (χ4v) is 2.91. The molecule has 0 heterocycles. The number of carboxylic acid groups (broad SMARTS) is 1. The van der Waals surface area contributed by atoms with Gasteiger partial charge in [0.15, 0.2) is 0 Å². The Kier molecular flexibility index (Phi) is 4.77. The molecule has 0 bridgehead atoms. The van der Waals surface area contributed by atoms with Crippen LogP contribution in [0.5, 0.6) is 0 Å². The van der Waals surface area contributed by atoms with Crippen LogP contribution in [0.15, 0.2) is 24.3 Å². The summed E-state index contributed by atoms with van der Waals surface area (Å²) in [6.45, 7) is 2.65. The van der Waals surface area contributed by atoms with Crippen molar-refractivity contribution in [3.63, 3.8) is 0 Å². The average molecular weight is 275 g/mol. The zero-order valence-corrected chi connectivity index (χ0v) is 11.8. The van der Waals surface area contributed by atoms with E-state index in [2.05, 4.69) is 0 Å². The van der Waals surface area contributed by atoms with Crippen molar-refractivity contribution >= 4 is 11.9 Å². The lowest BCUT2D eigenvalue weighted by molar-refractivity contribution is 0.0648. The van der Waals surface area contributed by atoms with Crippen LogP contribution in [-0.2, 0) is 0 Å². The van der Waals surface area contributed by atoms with E-state index in [-0.39, 0.29) is 11.5 Å². The lowest BCUT2D eigenvalue weighted by Crippen LogP contribution is -2.41. The molecular weight excluding hydrogens is 254 g/mol. The molecule has 4 nitrogen and oxygen atoms in total. The van der Waals surface area contributed by atoms with Gasteiger partial charge in [-0.05, 0) is 38.0 Å². The molecule has 0 aromatic heterocycles. The van der Waals surface area contributed by atoms with E-state index in [4.69, 9.17) is 5.11 Å². The van der Waals surface area contributed by atoms with Crippen molar-refractivity contribution < 1.29 is 14.7 Å². The van der Waals surface area contributed by atoms with Crippen LogP contribution < -0.4 is 0 Å². The maximum absolute atomic E-state index is 12.6. The minimum atomic E-state index is -1.000. The van der Waals surface area contributed by atoms with Crippen molar-refractivity contribution in [1.29, 1.82) is 0 Å². The van der Waals surface area contributed by atoms with Gasteiger partial charge in [0.05, 0.1) is 5.56 Å². The monoisotopic (exact) mass is 275 g/mol. The predicted octanol–water partition coefficient (Wildman–Crippen LogP) is 3.18. The highest BCUT2D eigenvalue weighted by molar-refractivity contribution is 5.97. The van der Waals surface area contributed by atoms with Crippen LogP contribution in [0.3, 0.4) is 0 Å². The fraction of sp³-hybridized carbons (Fsp3) is 0.500. The summed E-state index contributed by atoms with van der Waals surface area (Å²) in [6.07, 6.45) is 5.69. The Morgan fingerprint density at radius 2 is 1.85 bits per heavy atom. The van der Waals surface area contributed by atoms with Gasteiger partial charge in [0.1, 0.15) is 0 Å². The summed E-state index contributed by atoms with van der Waals surface area (Å²) in [7, 11) is 0. The molecular formula is C16H21NO3. The molecule has 0 atom stereocenters. The molecule has 1 aliphatic carbocycles. The number of nitrogens with zero attached hydrogens (tertiary/aromatic N) is 1. The molecule has 0 unspecified atom stereocenters. The van der Waals surface area contributed by atoms with Crippen molar-refractivity contribution in [1.82, 2.24) is 4.90 Å². The SMILES string of the molecule is CCN(C(=O)c1cccc(C(=O)O)c1)C1CCCCC1.